The molecule has 21 heavy (non-hydrogen) atoms. The van der Waals surface area contributed by atoms with Crippen molar-refractivity contribution in [2.24, 2.45) is 0 Å². The highest BCUT2D eigenvalue weighted by atomic mass is 32.2. The predicted molar refractivity (Wildman–Crippen MR) is 81.2 cm³/mol. The van der Waals surface area contributed by atoms with Gasteiger partial charge < -0.3 is 15.2 Å². The van der Waals surface area contributed by atoms with E-state index in [0.717, 1.165) is 0 Å². The van der Waals surface area contributed by atoms with Crippen LogP contribution in [0.2, 0.25) is 0 Å². The summed E-state index contributed by atoms with van der Waals surface area (Å²) in [6.45, 7) is 0. The lowest BCUT2D eigenvalue weighted by Gasteiger charge is -2.13. The zero-order valence-electron chi connectivity index (χ0n) is 11.7. The van der Waals surface area contributed by atoms with Crippen LogP contribution in [-0.4, -0.2) is 22.6 Å². The van der Waals surface area contributed by atoms with E-state index in [4.69, 9.17) is 15.2 Å². The minimum Gasteiger partial charge on any atom is -0.497 e. The Balaban J connectivity index is 2.46. The lowest BCUT2D eigenvalue weighted by atomic mass is 10.3. The van der Waals surface area contributed by atoms with E-state index < -0.39 is 10.0 Å². The van der Waals surface area contributed by atoms with Crippen LogP contribution in [-0.2, 0) is 10.0 Å². The summed E-state index contributed by atoms with van der Waals surface area (Å²) in [5.41, 5.74) is 6.39. The van der Waals surface area contributed by atoms with E-state index in [1.807, 2.05) is 0 Å². The van der Waals surface area contributed by atoms with Gasteiger partial charge in [0.25, 0.3) is 10.0 Å². The number of hydrogen-bond acceptors (Lipinski definition) is 5. The summed E-state index contributed by atoms with van der Waals surface area (Å²) in [6.07, 6.45) is 0. The molecule has 0 aliphatic rings. The van der Waals surface area contributed by atoms with Crippen molar-refractivity contribution in [3.63, 3.8) is 0 Å². The van der Waals surface area contributed by atoms with E-state index >= 15 is 0 Å². The Morgan fingerprint density at radius 1 is 1.05 bits per heavy atom. The van der Waals surface area contributed by atoms with Gasteiger partial charge in [-0.25, -0.2) is 8.42 Å². The van der Waals surface area contributed by atoms with Crippen LogP contribution in [0.1, 0.15) is 0 Å². The van der Waals surface area contributed by atoms with Crippen LogP contribution in [0, 0.1) is 0 Å². The number of para-hydroxylation sites is 2. The van der Waals surface area contributed by atoms with Gasteiger partial charge in [0.2, 0.25) is 0 Å². The zero-order valence-corrected chi connectivity index (χ0v) is 12.5. The van der Waals surface area contributed by atoms with Crippen molar-refractivity contribution >= 4 is 21.4 Å². The van der Waals surface area contributed by atoms with Gasteiger partial charge in [0.05, 0.1) is 25.6 Å². The number of sulfonamides is 1. The van der Waals surface area contributed by atoms with Gasteiger partial charge in [0.15, 0.2) is 0 Å². The Bertz CT molecular complexity index is 744. The van der Waals surface area contributed by atoms with Crippen molar-refractivity contribution < 1.29 is 17.9 Å². The van der Waals surface area contributed by atoms with Crippen LogP contribution in [0.5, 0.6) is 11.5 Å². The SMILES string of the molecule is COc1ccc(OC)c(S(=O)(=O)Nc2ccccc2N)c1. The number of ether oxygens (including phenoxy) is 2. The second kappa shape index (κ2) is 5.92. The molecule has 0 atom stereocenters. The maximum absolute atomic E-state index is 12.5. The summed E-state index contributed by atoms with van der Waals surface area (Å²) < 4.78 is 37.6. The van der Waals surface area contributed by atoms with Gasteiger partial charge in [0.1, 0.15) is 16.4 Å². The quantitative estimate of drug-likeness (QED) is 0.825. The maximum atomic E-state index is 12.5. The van der Waals surface area contributed by atoms with Crippen LogP contribution in [0.25, 0.3) is 0 Å². The Labute approximate surface area is 123 Å². The van der Waals surface area contributed by atoms with Crippen molar-refractivity contribution in [1.82, 2.24) is 0 Å². The summed E-state index contributed by atoms with van der Waals surface area (Å²) >= 11 is 0. The lowest BCUT2D eigenvalue weighted by molar-refractivity contribution is 0.392. The van der Waals surface area contributed by atoms with E-state index in [1.165, 1.54) is 26.4 Å². The summed E-state index contributed by atoms with van der Waals surface area (Å²) in [4.78, 5) is -0.0207. The molecule has 0 aliphatic carbocycles. The third-order valence-corrected chi connectivity index (χ3v) is 4.25. The molecule has 7 heteroatoms. The van der Waals surface area contributed by atoms with Gasteiger partial charge >= 0.3 is 0 Å². The van der Waals surface area contributed by atoms with E-state index in [-0.39, 0.29) is 10.6 Å². The number of benzene rings is 2. The molecule has 112 valence electrons. The standard InChI is InChI=1S/C14H16N2O4S/c1-19-10-7-8-13(20-2)14(9-10)21(17,18)16-12-6-4-3-5-11(12)15/h3-9,16H,15H2,1-2H3. The second-order valence-corrected chi connectivity index (χ2v) is 5.86. The average Bonchev–Trinajstić information content (AvgIpc) is 2.48. The molecule has 6 nitrogen and oxygen atoms in total. The number of methoxy groups -OCH3 is 2. The van der Waals surface area contributed by atoms with Crippen LogP contribution in [0.3, 0.4) is 0 Å². The summed E-state index contributed by atoms with van der Waals surface area (Å²) in [5.74, 6) is 0.634. The smallest absolute Gasteiger partial charge is 0.265 e. The number of nitrogens with one attached hydrogen (secondary N) is 1. The minimum absolute atomic E-state index is 0.0207. The Morgan fingerprint density at radius 3 is 2.38 bits per heavy atom. The number of rotatable bonds is 5. The van der Waals surface area contributed by atoms with Crippen molar-refractivity contribution in [1.29, 1.82) is 0 Å². The molecule has 0 aromatic heterocycles. The van der Waals surface area contributed by atoms with Crippen molar-refractivity contribution in [3.05, 3.63) is 42.5 Å². The summed E-state index contributed by atoms with van der Waals surface area (Å²) in [5, 5.41) is 0. The molecule has 3 N–H and O–H groups in total. The fourth-order valence-electron chi connectivity index (χ4n) is 1.78. The fourth-order valence-corrected chi connectivity index (χ4v) is 3.06. The van der Waals surface area contributed by atoms with Gasteiger partial charge in [-0.3, -0.25) is 4.72 Å². The first-order chi connectivity index (χ1) is 9.97. The van der Waals surface area contributed by atoms with E-state index in [9.17, 15) is 8.42 Å². The largest absolute Gasteiger partial charge is 0.497 e. The molecule has 2 aromatic rings. The van der Waals surface area contributed by atoms with Gasteiger partial charge in [-0.2, -0.15) is 0 Å². The average molecular weight is 308 g/mol. The topological polar surface area (TPSA) is 90.6 Å². The molecule has 0 heterocycles. The monoisotopic (exact) mass is 308 g/mol. The minimum atomic E-state index is -3.85. The molecule has 0 unspecified atom stereocenters. The molecule has 0 fully saturated rings. The highest BCUT2D eigenvalue weighted by Crippen LogP contribution is 2.30. The first-order valence-electron chi connectivity index (χ1n) is 6.07. The van der Waals surface area contributed by atoms with E-state index in [1.54, 1.807) is 30.3 Å². The van der Waals surface area contributed by atoms with Crippen molar-refractivity contribution in [2.45, 2.75) is 4.90 Å². The van der Waals surface area contributed by atoms with E-state index in [2.05, 4.69) is 4.72 Å². The van der Waals surface area contributed by atoms with Crippen LogP contribution in [0.4, 0.5) is 11.4 Å². The normalized spacial score (nSPS) is 11.0. The number of hydrogen-bond donors (Lipinski definition) is 2. The van der Waals surface area contributed by atoms with Crippen LogP contribution < -0.4 is 19.9 Å². The number of nitrogens with two attached hydrogens (primary N) is 1. The molecule has 0 amide bonds. The predicted octanol–water partition coefficient (Wildman–Crippen LogP) is 2.09. The zero-order chi connectivity index (χ0) is 15.5. The molecule has 0 bridgehead atoms. The fraction of sp³-hybridized carbons (Fsp3) is 0.143. The van der Waals surface area contributed by atoms with Gasteiger partial charge in [-0.15, -0.1) is 0 Å². The first-order valence-corrected chi connectivity index (χ1v) is 7.55. The van der Waals surface area contributed by atoms with E-state index in [0.29, 0.717) is 17.1 Å². The van der Waals surface area contributed by atoms with Crippen LogP contribution in [0.15, 0.2) is 47.4 Å². The molecular weight excluding hydrogens is 292 g/mol. The molecular formula is C14H16N2O4S. The molecule has 0 aliphatic heterocycles. The van der Waals surface area contributed by atoms with Crippen molar-refractivity contribution in [2.75, 3.05) is 24.7 Å². The third-order valence-electron chi connectivity index (χ3n) is 2.87. The highest BCUT2D eigenvalue weighted by molar-refractivity contribution is 7.92. The van der Waals surface area contributed by atoms with Crippen LogP contribution >= 0.6 is 0 Å². The molecule has 2 aromatic carbocycles. The maximum Gasteiger partial charge on any atom is 0.265 e. The molecule has 0 spiro atoms. The third kappa shape index (κ3) is 3.19. The lowest BCUT2D eigenvalue weighted by Crippen LogP contribution is -2.15. The molecule has 0 radical (unpaired) electrons. The Kier molecular flexibility index (Phi) is 4.23. The molecule has 2 rings (SSSR count). The molecule has 0 saturated heterocycles. The Morgan fingerprint density at radius 2 is 1.76 bits per heavy atom. The van der Waals surface area contributed by atoms with Crippen molar-refractivity contribution in [3.8, 4) is 11.5 Å². The summed E-state index contributed by atoms with van der Waals surface area (Å²) in [7, 11) is -0.987. The summed E-state index contributed by atoms with van der Waals surface area (Å²) in [6, 6.07) is 11.1. The second-order valence-electron chi connectivity index (χ2n) is 4.21. The van der Waals surface area contributed by atoms with Gasteiger partial charge in [-0.05, 0) is 24.3 Å². The van der Waals surface area contributed by atoms with Gasteiger partial charge in [0, 0.05) is 6.07 Å². The number of anilines is 2. The number of nitrogen functional groups attached to an aromatic ring is 1. The first kappa shape index (κ1) is 15.0. The highest BCUT2D eigenvalue weighted by Gasteiger charge is 2.21. The van der Waals surface area contributed by atoms with Gasteiger partial charge in [-0.1, -0.05) is 12.1 Å². The Hall–Kier alpha value is -2.41. The molecule has 0 saturated carbocycles.